The van der Waals surface area contributed by atoms with E-state index in [9.17, 15) is 0 Å². The fourth-order valence-electron chi connectivity index (χ4n) is 3.16. The molecule has 1 N–H and O–H groups in total. The molecule has 0 bridgehead atoms. The van der Waals surface area contributed by atoms with Gasteiger partial charge in [-0.2, -0.15) is 0 Å². The number of likely N-dealkylation sites (N-methyl/N-ethyl adjacent to an activating group) is 2. The van der Waals surface area contributed by atoms with E-state index in [1.807, 2.05) is 0 Å². The molecule has 3 unspecified atom stereocenters. The number of aryl methyl sites for hydroxylation is 1. The van der Waals surface area contributed by atoms with Crippen molar-refractivity contribution in [1.82, 2.24) is 10.2 Å². The quantitative estimate of drug-likeness (QED) is 0.835. The van der Waals surface area contributed by atoms with Gasteiger partial charge in [0.1, 0.15) is 0 Å². The first-order chi connectivity index (χ1) is 10.2. The third-order valence-electron chi connectivity index (χ3n) is 4.78. The number of benzene rings is 1. The lowest BCUT2D eigenvalue weighted by Gasteiger charge is -2.36. The van der Waals surface area contributed by atoms with Crippen LogP contribution in [0.4, 0.5) is 0 Å². The van der Waals surface area contributed by atoms with E-state index in [1.165, 1.54) is 11.1 Å². The van der Waals surface area contributed by atoms with Crippen LogP contribution in [-0.2, 0) is 11.2 Å². The van der Waals surface area contributed by atoms with Gasteiger partial charge in [-0.3, -0.25) is 4.90 Å². The van der Waals surface area contributed by atoms with Crippen LogP contribution in [0.3, 0.4) is 0 Å². The number of hydrogen-bond acceptors (Lipinski definition) is 3. The van der Waals surface area contributed by atoms with Gasteiger partial charge in [0.25, 0.3) is 0 Å². The van der Waals surface area contributed by atoms with Gasteiger partial charge in [0, 0.05) is 24.7 Å². The largest absolute Gasteiger partial charge is 0.380 e. The van der Waals surface area contributed by atoms with Gasteiger partial charge in [-0.15, -0.1) is 0 Å². The van der Waals surface area contributed by atoms with E-state index in [0.29, 0.717) is 18.1 Å². The SMILES string of the molecule is CCNC(c1ccc(CC)cc1)C(C)N(C)C1CCOC1. The Morgan fingerprint density at radius 2 is 2.00 bits per heavy atom. The number of rotatable bonds is 7. The van der Waals surface area contributed by atoms with Gasteiger partial charge in [0.15, 0.2) is 0 Å². The van der Waals surface area contributed by atoms with Crippen LogP contribution in [0.1, 0.15) is 44.4 Å². The van der Waals surface area contributed by atoms with Crippen molar-refractivity contribution in [2.45, 2.75) is 51.7 Å². The normalized spacial score (nSPS) is 21.7. The van der Waals surface area contributed by atoms with Crippen molar-refractivity contribution in [1.29, 1.82) is 0 Å². The summed E-state index contributed by atoms with van der Waals surface area (Å²) in [5.74, 6) is 0. The van der Waals surface area contributed by atoms with E-state index in [0.717, 1.165) is 32.6 Å². The number of ether oxygens (including phenoxy) is 1. The van der Waals surface area contributed by atoms with Crippen LogP contribution in [0, 0.1) is 0 Å². The van der Waals surface area contributed by atoms with Crippen molar-refractivity contribution >= 4 is 0 Å². The summed E-state index contributed by atoms with van der Waals surface area (Å²) in [6.45, 7) is 9.46. The molecule has 3 nitrogen and oxygen atoms in total. The fraction of sp³-hybridized carbons (Fsp3) is 0.667. The molecule has 1 aromatic rings. The Morgan fingerprint density at radius 3 is 2.52 bits per heavy atom. The Hall–Kier alpha value is -0.900. The third kappa shape index (κ3) is 4.06. The van der Waals surface area contributed by atoms with E-state index in [4.69, 9.17) is 4.74 Å². The molecule has 1 aromatic carbocycles. The standard InChI is InChI=1S/C18H30N2O/c1-5-15-7-9-16(10-8-15)18(19-6-2)14(3)20(4)17-11-12-21-13-17/h7-10,14,17-19H,5-6,11-13H2,1-4H3. The Kier molecular flexibility index (Phi) is 6.22. The van der Waals surface area contributed by atoms with E-state index in [-0.39, 0.29) is 0 Å². The van der Waals surface area contributed by atoms with Crippen LogP contribution in [-0.4, -0.2) is 43.8 Å². The molecule has 21 heavy (non-hydrogen) atoms. The maximum absolute atomic E-state index is 5.54. The van der Waals surface area contributed by atoms with Crippen molar-refractivity contribution in [3.8, 4) is 0 Å². The van der Waals surface area contributed by atoms with Crippen LogP contribution in [0.5, 0.6) is 0 Å². The average molecular weight is 290 g/mol. The maximum atomic E-state index is 5.54. The van der Waals surface area contributed by atoms with Crippen molar-refractivity contribution in [2.75, 3.05) is 26.8 Å². The first kappa shape index (κ1) is 16.5. The van der Waals surface area contributed by atoms with E-state index in [1.54, 1.807) is 0 Å². The monoisotopic (exact) mass is 290 g/mol. The third-order valence-corrected chi connectivity index (χ3v) is 4.78. The fourth-order valence-corrected chi connectivity index (χ4v) is 3.16. The summed E-state index contributed by atoms with van der Waals surface area (Å²) in [5.41, 5.74) is 2.78. The van der Waals surface area contributed by atoms with Crippen LogP contribution in [0.2, 0.25) is 0 Å². The zero-order chi connectivity index (χ0) is 15.2. The Bertz CT molecular complexity index is 412. The van der Waals surface area contributed by atoms with Crippen molar-refractivity contribution in [3.05, 3.63) is 35.4 Å². The molecule has 1 fully saturated rings. The zero-order valence-electron chi connectivity index (χ0n) is 13.9. The molecule has 0 amide bonds. The van der Waals surface area contributed by atoms with Gasteiger partial charge < -0.3 is 10.1 Å². The molecule has 1 aliphatic heterocycles. The van der Waals surface area contributed by atoms with E-state index in [2.05, 4.69) is 62.3 Å². The molecular weight excluding hydrogens is 260 g/mol. The van der Waals surface area contributed by atoms with E-state index < -0.39 is 0 Å². The number of nitrogens with one attached hydrogen (secondary N) is 1. The highest BCUT2D eigenvalue weighted by atomic mass is 16.5. The summed E-state index contributed by atoms with van der Waals surface area (Å²) in [6, 6.07) is 10.4. The second-order valence-corrected chi connectivity index (χ2v) is 6.05. The number of hydrogen-bond donors (Lipinski definition) is 1. The lowest BCUT2D eigenvalue weighted by molar-refractivity contribution is 0.121. The molecule has 1 aliphatic rings. The molecule has 3 heteroatoms. The molecular formula is C18H30N2O. The summed E-state index contributed by atoms with van der Waals surface area (Å²) >= 11 is 0. The maximum Gasteiger partial charge on any atom is 0.0622 e. The van der Waals surface area contributed by atoms with Gasteiger partial charge >= 0.3 is 0 Å². The van der Waals surface area contributed by atoms with Gasteiger partial charge in [-0.25, -0.2) is 0 Å². The van der Waals surface area contributed by atoms with Crippen molar-refractivity contribution < 1.29 is 4.74 Å². The summed E-state index contributed by atoms with van der Waals surface area (Å²) in [7, 11) is 2.23. The van der Waals surface area contributed by atoms with Crippen LogP contribution < -0.4 is 5.32 Å². The predicted octanol–water partition coefficient (Wildman–Crippen LogP) is 3.01. The molecule has 3 atom stereocenters. The average Bonchev–Trinajstić information content (AvgIpc) is 3.06. The Balaban J connectivity index is 2.11. The highest BCUT2D eigenvalue weighted by Gasteiger charge is 2.29. The van der Waals surface area contributed by atoms with Crippen LogP contribution in [0.25, 0.3) is 0 Å². The predicted molar refractivity (Wildman–Crippen MR) is 88.7 cm³/mol. The summed E-state index contributed by atoms with van der Waals surface area (Å²) in [4.78, 5) is 2.48. The highest BCUT2D eigenvalue weighted by Crippen LogP contribution is 2.24. The summed E-state index contributed by atoms with van der Waals surface area (Å²) < 4.78 is 5.54. The highest BCUT2D eigenvalue weighted by molar-refractivity contribution is 5.26. The minimum absolute atomic E-state index is 0.367. The first-order valence-electron chi connectivity index (χ1n) is 8.29. The summed E-state index contributed by atoms with van der Waals surface area (Å²) in [6.07, 6.45) is 2.25. The lowest BCUT2D eigenvalue weighted by Crippen LogP contribution is -2.46. The van der Waals surface area contributed by atoms with Crippen LogP contribution >= 0.6 is 0 Å². The second-order valence-electron chi connectivity index (χ2n) is 6.05. The smallest absolute Gasteiger partial charge is 0.0622 e. The second kappa shape index (κ2) is 7.92. The molecule has 0 aromatic heterocycles. The minimum atomic E-state index is 0.367. The molecule has 118 valence electrons. The molecule has 0 saturated carbocycles. The van der Waals surface area contributed by atoms with Gasteiger partial charge in [-0.1, -0.05) is 38.1 Å². The van der Waals surface area contributed by atoms with Crippen LogP contribution in [0.15, 0.2) is 24.3 Å². The molecule has 0 spiro atoms. The first-order valence-corrected chi connectivity index (χ1v) is 8.29. The van der Waals surface area contributed by atoms with E-state index >= 15 is 0 Å². The lowest BCUT2D eigenvalue weighted by atomic mass is 9.96. The molecule has 1 heterocycles. The Morgan fingerprint density at radius 1 is 1.29 bits per heavy atom. The molecule has 1 saturated heterocycles. The molecule has 0 radical (unpaired) electrons. The van der Waals surface area contributed by atoms with Gasteiger partial charge in [-0.05, 0) is 44.5 Å². The summed E-state index contributed by atoms with van der Waals surface area (Å²) in [5, 5.41) is 3.66. The molecule has 0 aliphatic carbocycles. The minimum Gasteiger partial charge on any atom is -0.380 e. The van der Waals surface area contributed by atoms with Crippen molar-refractivity contribution in [3.63, 3.8) is 0 Å². The van der Waals surface area contributed by atoms with Gasteiger partial charge in [0.05, 0.1) is 6.61 Å². The van der Waals surface area contributed by atoms with Gasteiger partial charge in [0.2, 0.25) is 0 Å². The zero-order valence-corrected chi connectivity index (χ0v) is 13.9. The molecule has 2 rings (SSSR count). The topological polar surface area (TPSA) is 24.5 Å². The van der Waals surface area contributed by atoms with Crippen molar-refractivity contribution in [2.24, 2.45) is 0 Å². The Labute approximate surface area is 129 Å². The number of nitrogens with zero attached hydrogens (tertiary/aromatic N) is 1.